The average Bonchev–Trinajstić information content (AvgIpc) is 2.88. The molecule has 0 radical (unpaired) electrons. The van der Waals surface area contributed by atoms with Crippen molar-refractivity contribution in [2.24, 2.45) is 0 Å². The third kappa shape index (κ3) is 4.42. The van der Waals surface area contributed by atoms with E-state index < -0.39 is 17.8 Å². The molecule has 0 spiro atoms. The number of thioether (sulfide) groups is 1. The van der Waals surface area contributed by atoms with Gasteiger partial charge in [0.25, 0.3) is 0 Å². The minimum absolute atomic E-state index is 0.00454. The molecule has 0 fully saturated rings. The number of rotatable bonds is 4. The first-order chi connectivity index (χ1) is 12.8. The van der Waals surface area contributed by atoms with E-state index in [0.717, 1.165) is 20.7 Å². The number of thiophene rings is 1. The zero-order chi connectivity index (χ0) is 19.6. The van der Waals surface area contributed by atoms with Gasteiger partial charge in [0.1, 0.15) is 21.5 Å². The van der Waals surface area contributed by atoms with Crippen molar-refractivity contribution in [2.75, 3.05) is 11.1 Å². The zero-order valence-electron chi connectivity index (χ0n) is 14.9. The molecule has 0 bridgehead atoms. The van der Waals surface area contributed by atoms with Crippen molar-refractivity contribution < 1.29 is 14.0 Å². The fraction of sp³-hybridized carbons (Fsp3) is 0.222. The van der Waals surface area contributed by atoms with Crippen molar-refractivity contribution in [3.63, 3.8) is 0 Å². The van der Waals surface area contributed by atoms with Gasteiger partial charge in [-0.1, -0.05) is 23.9 Å². The molecule has 2 aromatic heterocycles. The number of nitrogens with zero attached hydrogens (tertiary/aromatic N) is 2. The maximum atomic E-state index is 13.5. The van der Waals surface area contributed by atoms with Crippen molar-refractivity contribution in [3.8, 4) is 0 Å². The highest BCUT2D eigenvalue weighted by Crippen LogP contribution is 2.34. The summed E-state index contributed by atoms with van der Waals surface area (Å²) >= 11 is 2.83. The second-order valence-corrected chi connectivity index (χ2v) is 7.98. The van der Waals surface area contributed by atoms with E-state index in [-0.39, 0.29) is 11.4 Å². The van der Waals surface area contributed by atoms with Gasteiger partial charge in [-0.15, -0.1) is 11.3 Å². The lowest BCUT2D eigenvalue weighted by Gasteiger charge is -2.08. The molecule has 3 aromatic rings. The van der Waals surface area contributed by atoms with Crippen molar-refractivity contribution in [2.45, 2.75) is 25.8 Å². The summed E-state index contributed by atoms with van der Waals surface area (Å²) in [5, 5.41) is 6.16. The second kappa shape index (κ2) is 8.01. The Hall–Kier alpha value is -2.52. The molecule has 6 nitrogen and oxygen atoms in total. The van der Waals surface area contributed by atoms with Crippen LogP contribution in [0.15, 0.2) is 29.3 Å². The first-order valence-electron chi connectivity index (χ1n) is 8.07. The molecule has 140 valence electrons. The fourth-order valence-corrected chi connectivity index (χ4v) is 4.50. The summed E-state index contributed by atoms with van der Waals surface area (Å²) in [6.07, 6.45) is 0. The smallest absolute Gasteiger partial charge is 0.305 e. The molecule has 2 N–H and O–H groups in total. The van der Waals surface area contributed by atoms with Gasteiger partial charge >= 0.3 is 6.03 Å². The topological polar surface area (TPSA) is 84.0 Å². The van der Waals surface area contributed by atoms with Crippen LogP contribution in [0.3, 0.4) is 0 Å². The first-order valence-corrected chi connectivity index (χ1v) is 9.88. The van der Waals surface area contributed by atoms with Crippen LogP contribution in [0.4, 0.5) is 14.9 Å². The van der Waals surface area contributed by atoms with Gasteiger partial charge in [-0.2, -0.15) is 0 Å². The predicted octanol–water partition coefficient (Wildman–Crippen LogP) is 4.20. The molecular weight excluding hydrogens is 387 g/mol. The molecule has 27 heavy (non-hydrogen) atoms. The summed E-state index contributed by atoms with van der Waals surface area (Å²) in [6.45, 7) is 5.82. The number of nitrogens with one attached hydrogen (secondary N) is 2. The van der Waals surface area contributed by atoms with E-state index in [1.807, 2.05) is 13.8 Å². The van der Waals surface area contributed by atoms with Crippen LogP contribution >= 0.6 is 23.1 Å². The summed E-state index contributed by atoms with van der Waals surface area (Å²) in [7, 11) is 0. The Morgan fingerprint density at radius 1 is 1.19 bits per heavy atom. The summed E-state index contributed by atoms with van der Waals surface area (Å²) in [5.41, 5.74) is 1.10. The number of hydrogen-bond acceptors (Lipinski definition) is 6. The van der Waals surface area contributed by atoms with E-state index in [1.165, 1.54) is 30.0 Å². The maximum absolute atomic E-state index is 13.5. The fourth-order valence-electron chi connectivity index (χ4n) is 2.43. The third-order valence-electron chi connectivity index (χ3n) is 3.82. The van der Waals surface area contributed by atoms with Gasteiger partial charge in [0, 0.05) is 10.3 Å². The number of carbonyl (C=O) groups excluding carboxylic acids is 2. The van der Waals surface area contributed by atoms with Crippen LogP contribution in [-0.4, -0.2) is 27.7 Å². The Labute approximate surface area is 163 Å². The number of fused-ring (bicyclic) bond motifs is 1. The first kappa shape index (κ1) is 19.2. The van der Waals surface area contributed by atoms with Gasteiger partial charge in [0.05, 0.1) is 11.4 Å². The molecule has 3 rings (SSSR count). The Bertz CT molecular complexity index is 1040. The van der Waals surface area contributed by atoms with Gasteiger partial charge in [-0.25, -0.2) is 19.2 Å². The second-order valence-electron chi connectivity index (χ2n) is 5.81. The van der Waals surface area contributed by atoms with Gasteiger partial charge in [-0.3, -0.25) is 10.1 Å². The summed E-state index contributed by atoms with van der Waals surface area (Å²) in [4.78, 5) is 34.9. The molecule has 9 heteroatoms. The minimum atomic E-state index is -0.780. The number of anilines is 1. The number of carbonyl (C=O) groups is 2. The quantitative estimate of drug-likeness (QED) is 0.503. The van der Waals surface area contributed by atoms with Crippen LogP contribution in [0.25, 0.3) is 10.2 Å². The lowest BCUT2D eigenvalue weighted by Crippen LogP contribution is -2.35. The van der Waals surface area contributed by atoms with Crippen molar-refractivity contribution in [3.05, 3.63) is 46.3 Å². The Morgan fingerprint density at radius 2 is 1.93 bits per heavy atom. The van der Waals surface area contributed by atoms with E-state index in [2.05, 4.69) is 20.6 Å². The molecule has 1 aromatic carbocycles. The van der Waals surface area contributed by atoms with E-state index in [1.54, 1.807) is 24.3 Å². The van der Waals surface area contributed by atoms with Gasteiger partial charge in [-0.05, 0) is 38.5 Å². The standard InChI is InChI=1S/C18H17FN4O2S2/c1-9-10(2)27-17-15(9)16(20-11(3)21-17)26-8-14(24)23-18(25)22-13-7-5-4-6-12(13)19/h4-7H,8H2,1-3H3,(H2,22,23,24,25). The highest BCUT2D eigenvalue weighted by Gasteiger charge is 2.16. The minimum Gasteiger partial charge on any atom is -0.305 e. The number of hydrogen-bond donors (Lipinski definition) is 2. The number of amides is 3. The van der Waals surface area contributed by atoms with Crippen LogP contribution in [0.2, 0.25) is 0 Å². The average molecular weight is 404 g/mol. The molecular formula is C18H17FN4O2S2. The molecule has 0 aliphatic carbocycles. The maximum Gasteiger partial charge on any atom is 0.325 e. The molecule has 0 unspecified atom stereocenters. The van der Waals surface area contributed by atoms with E-state index in [9.17, 15) is 14.0 Å². The molecule has 0 aliphatic rings. The van der Waals surface area contributed by atoms with Crippen LogP contribution in [-0.2, 0) is 4.79 Å². The Balaban J connectivity index is 1.65. The van der Waals surface area contributed by atoms with E-state index in [0.29, 0.717) is 10.9 Å². The summed E-state index contributed by atoms with van der Waals surface area (Å²) in [5.74, 6) is -0.437. The van der Waals surface area contributed by atoms with Gasteiger partial charge in [0.15, 0.2) is 0 Å². The van der Waals surface area contributed by atoms with Crippen LogP contribution in [0, 0.1) is 26.6 Å². The number of halogens is 1. The van der Waals surface area contributed by atoms with Gasteiger partial charge < -0.3 is 5.32 Å². The Kier molecular flexibility index (Phi) is 5.71. The van der Waals surface area contributed by atoms with Crippen molar-refractivity contribution in [1.82, 2.24) is 15.3 Å². The summed E-state index contributed by atoms with van der Waals surface area (Å²) < 4.78 is 13.5. The highest BCUT2D eigenvalue weighted by molar-refractivity contribution is 8.00. The lowest BCUT2D eigenvalue weighted by atomic mass is 10.2. The normalized spacial score (nSPS) is 10.8. The van der Waals surface area contributed by atoms with Crippen LogP contribution in [0.5, 0.6) is 0 Å². The van der Waals surface area contributed by atoms with Crippen LogP contribution in [0.1, 0.15) is 16.3 Å². The van der Waals surface area contributed by atoms with Crippen molar-refractivity contribution in [1.29, 1.82) is 0 Å². The molecule has 0 saturated heterocycles. The van der Waals surface area contributed by atoms with Crippen LogP contribution < -0.4 is 10.6 Å². The molecule has 2 heterocycles. The van der Waals surface area contributed by atoms with E-state index in [4.69, 9.17) is 0 Å². The number of imide groups is 1. The number of benzene rings is 1. The molecule has 3 amide bonds. The monoisotopic (exact) mass is 404 g/mol. The number of urea groups is 1. The molecule has 0 atom stereocenters. The molecule has 0 saturated carbocycles. The Morgan fingerprint density at radius 3 is 2.67 bits per heavy atom. The van der Waals surface area contributed by atoms with Crippen molar-refractivity contribution >= 4 is 50.9 Å². The summed E-state index contributed by atoms with van der Waals surface area (Å²) in [6, 6.07) is 4.96. The van der Waals surface area contributed by atoms with Gasteiger partial charge in [0.2, 0.25) is 5.91 Å². The molecule has 0 aliphatic heterocycles. The van der Waals surface area contributed by atoms with E-state index >= 15 is 0 Å². The number of para-hydroxylation sites is 1. The SMILES string of the molecule is Cc1nc(SCC(=O)NC(=O)Nc2ccccc2F)c2c(C)c(C)sc2n1. The number of aromatic nitrogens is 2. The number of aryl methyl sites for hydroxylation is 3. The predicted molar refractivity (Wildman–Crippen MR) is 106 cm³/mol. The lowest BCUT2D eigenvalue weighted by molar-refractivity contribution is -0.117. The third-order valence-corrected chi connectivity index (χ3v) is 5.90. The largest absolute Gasteiger partial charge is 0.325 e. The zero-order valence-corrected chi connectivity index (χ0v) is 16.6. The highest BCUT2D eigenvalue weighted by atomic mass is 32.2.